The molecular formula is C26H40O5. The van der Waals surface area contributed by atoms with Crippen molar-refractivity contribution in [2.45, 2.75) is 111 Å². The van der Waals surface area contributed by atoms with Crippen LogP contribution in [0.2, 0.25) is 0 Å². The molecule has 0 aromatic heterocycles. The van der Waals surface area contributed by atoms with Crippen LogP contribution >= 0.6 is 0 Å². The van der Waals surface area contributed by atoms with Crippen LogP contribution in [0.4, 0.5) is 0 Å². The second kappa shape index (κ2) is 11.0. The van der Waals surface area contributed by atoms with Crippen LogP contribution in [0.5, 0.6) is 17.2 Å². The Bertz CT molecular complexity index is 755. The van der Waals surface area contributed by atoms with Crippen LogP contribution in [-0.2, 0) is 9.59 Å². The van der Waals surface area contributed by atoms with Gasteiger partial charge in [0.2, 0.25) is 0 Å². The van der Waals surface area contributed by atoms with E-state index in [1.807, 2.05) is 47.6 Å². The van der Waals surface area contributed by atoms with Gasteiger partial charge in [-0.05, 0) is 65.2 Å². The Labute approximate surface area is 187 Å². The lowest BCUT2D eigenvalue weighted by Gasteiger charge is -2.37. The largest absolute Gasteiger partial charge is 0.507 e. The molecule has 31 heavy (non-hydrogen) atoms. The Morgan fingerprint density at radius 1 is 1.00 bits per heavy atom. The highest BCUT2D eigenvalue weighted by Gasteiger charge is 2.35. The molecule has 0 heterocycles. The zero-order valence-electron chi connectivity index (χ0n) is 20.1. The van der Waals surface area contributed by atoms with Crippen molar-refractivity contribution in [1.82, 2.24) is 0 Å². The maximum atomic E-state index is 12.0. The Morgan fingerprint density at radius 2 is 1.65 bits per heavy atom. The van der Waals surface area contributed by atoms with Gasteiger partial charge in [0.15, 0.2) is 0 Å². The van der Waals surface area contributed by atoms with Gasteiger partial charge in [0.1, 0.15) is 34.4 Å². The second-order valence-electron chi connectivity index (χ2n) is 9.37. The highest BCUT2D eigenvalue weighted by atomic mass is 16.5. The van der Waals surface area contributed by atoms with Crippen molar-refractivity contribution in [3.63, 3.8) is 0 Å². The Hall–Kier alpha value is -2.04. The molecule has 5 heteroatoms. The predicted octanol–water partition coefficient (Wildman–Crippen LogP) is 6.35. The Kier molecular flexibility index (Phi) is 8.96. The topological polar surface area (TPSA) is 72.8 Å². The molecule has 3 rings (SSSR count). The molecule has 174 valence electrons. The summed E-state index contributed by atoms with van der Waals surface area (Å²) in [6, 6.07) is 3.50. The van der Waals surface area contributed by atoms with E-state index in [-0.39, 0.29) is 29.5 Å². The number of phenols is 1. The average molecular weight is 433 g/mol. The van der Waals surface area contributed by atoms with Gasteiger partial charge in [0.05, 0.1) is 6.10 Å². The number of carbonyl (C=O) groups is 2. The molecule has 2 aliphatic carbocycles. The Balaban J connectivity index is 0.00000166. The molecule has 1 aromatic rings. The number of hydrogen-bond acceptors (Lipinski definition) is 5. The molecule has 5 nitrogen and oxygen atoms in total. The lowest BCUT2D eigenvalue weighted by atomic mass is 9.78. The second-order valence-corrected chi connectivity index (χ2v) is 9.37. The molecule has 1 aromatic carbocycles. The SMILES string of the molecule is CC.CC(C)Oc1cc(OC(C)(C)C2CCC(=O)CC2)cc(O)c1C1CCCC(=O)C1. The molecule has 0 spiro atoms. The maximum Gasteiger partial charge on any atom is 0.133 e. The van der Waals surface area contributed by atoms with Gasteiger partial charge in [-0.25, -0.2) is 0 Å². The number of ketones is 2. The zero-order chi connectivity index (χ0) is 23.2. The molecule has 1 N–H and O–H groups in total. The van der Waals surface area contributed by atoms with Crippen LogP contribution < -0.4 is 9.47 Å². The molecule has 0 amide bonds. The first-order valence-electron chi connectivity index (χ1n) is 11.9. The summed E-state index contributed by atoms with van der Waals surface area (Å²) in [5.74, 6) is 2.13. The van der Waals surface area contributed by atoms with E-state index in [4.69, 9.17) is 9.47 Å². The monoisotopic (exact) mass is 432 g/mol. The van der Waals surface area contributed by atoms with Gasteiger partial charge < -0.3 is 14.6 Å². The van der Waals surface area contributed by atoms with Gasteiger partial charge in [-0.1, -0.05) is 13.8 Å². The van der Waals surface area contributed by atoms with Gasteiger partial charge in [-0.2, -0.15) is 0 Å². The van der Waals surface area contributed by atoms with Crippen LogP contribution in [0.1, 0.15) is 104 Å². The van der Waals surface area contributed by atoms with Crippen LogP contribution in [0.3, 0.4) is 0 Å². The fraction of sp³-hybridized carbons (Fsp3) is 0.692. The third-order valence-corrected chi connectivity index (χ3v) is 6.25. The summed E-state index contributed by atoms with van der Waals surface area (Å²) < 4.78 is 12.4. The van der Waals surface area contributed by atoms with E-state index in [2.05, 4.69) is 0 Å². The number of ether oxygens (including phenoxy) is 2. The molecule has 2 aliphatic rings. The Morgan fingerprint density at radius 3 is 2.23 bits per heavy atom. The summed E-state index contributed by atoms with van der Waals surface area (Å²) in [4.78, 5) is 23.6. The molecule has 2 fully saturated rings. The number of benzene rings is 1. The number of phenolic OH excluding ortho intramolecular Hbond substituents is 1. The fourth-order valence-electron chi connectivity index (χ4n) is 4.70. The van der Waals surface area contributed by atoms with Crippen molar-refractivity contribution in [3.05, 3.63) is 17.7 Å². The van der Waals surface area contributed by atoms with E-state index < -0.39 is 5.60 Å². The number of carbonyl (C=O) groups excluding carboxylic acids is 2. The molecule has 0 radical (unpaired) electrons. The number of rotatable bonds is 6. The van der Waals surface area contributed by atoms with E-state index in [9.17, 15) is 14.7 Å². The van der Waals surface area contributed by atoms with E-state index in [1.165, 1.54) is 0 Å². The van der Waals surface area contributed by atoms with Gasteiger partial charge in [-0.15, -0.1) is 0 Å². The summed E-state index contributed by atoms with van der Waals surface area (Å²) >= 11 is 0. The van der Waals surface area contributed by atoms with Crippen molar-refractivity contribution < 1.29 is 24.2 Å². The molecule has 1 atom stereocenters. The lowest BCUT2D eigenvalue weighted by Crippen LogP contribution is -2.39. The maximum absolute atomic E-state index is 12.0. The average Bonchev–Trinajstić information content (AvgIpc) is 2.69. The standard InChI is InChI=1S/C24H34O5.C2H6/c1-15(2)28-22-14-20(29-24(3,4)17-8-10-18(25)11-9-17)13-21(27)23(22)16-6-5-7-19(26)12-16;1-2/h13-17,27H,5-12H2,1-4H3;1-2H3. The minimum atomic E-state index is -0.454. The van der Waals surface area contributed by atoms with Gasteiger partial charge in [-0.3, -0.25) is 9.59 Å². The molecule has 0 bridgehead atoms. The van der Waals surface area contributed by atoms with Gasteiger partial charge in [0, 0.05) is 43.4 Å². The lowest BCUT2D eigenvalue weighted by molar-refractivity contribution is -0.122. The summed E-state index contributed by atoms with van der Waals surface area (Å²) in [6.07, 6.45) is 5.61. The van der Waals surface area contributed by atoms with Crippen molar-refractivity contribution in [3.8, 4) is 17.2 Å². The van der Waals surface area contributed by atoms with Crippen LogP contribution in [0.15, 0.2) is 12.1 Å². The van der Waals surface area contributed by atoms with E-state index in [0.29, 0.717) is 43.0 Å². The number of hydrogen-bond donors (Lipinski definition) is 1. The first-order chi connectivity index (χ1) is 14.7. The third-order valence-electron chi connectivity index (χ3n) is 6.25. The van der Waals surface area contributed by atoms with E-state index >= 15 is 0 Å². The quantitative estimate of drug-likeness (QED) is 0.567. The smallest absolute Gasteiger partial charge is 0.133 e. The first kappa shape index (κ1) is 25.2. The fourth-order valence-corrected chi connectivity index (χ4v) is 4.70. The van der Waals surface area contributed by atoms with Crippen molar-refractivity contribution in [2.75, 3.05) is 0 Å². The normalized spacial score (nSPS) is 20.3. The molecule has 0 saturated heterocycles. The van der Waals surface area contributed by atoms with Gasteiger partial charge in [0.25, 0.3) is 0 Å². The van der Waals surface area contributed by atoms with Crippen molar-refractivity contribution >= 4 is 11.6 Å². The number of aromatic hydroxyl groups is 1. The first-order valence-corrected chi connectivity index (χ1v) is 11.9. The van der Waals surface area contributed by atoms with Gasteiger partial charge >= 0.3 is 0 Å². The van der Waals surface area contributed by atoms with Crippen LogP contribution in [0, 0.1) is 5.92 Å². The summed E-state index contributed by atoms with van der Waals surface area (Å²) in [5.41, 5.74) is 0.269. The third kappa shape index (κ3) is 6.72. The highest BCUT2D eigenvalue weighted by molar-refractivity contribution is 5.80. The van der Waals surface area contributed by atoms with Crippen LogP contribution in [0.25, 0.3) is 0 Å². The van der Waals surface area contributed by atoms with E-state index in [0.717, 1.165) is 31.2 Å². The molecule has 0 aliphatic heterocycles. The zero-order valence-corrected chi connectivity index (χ0v) is 20.1. The summed E-state index contributed by atoms with van der Waals surface area (Å²) in [5, 5.41) is 10.8. The predicted molar refractivity (Wildman–Crippen MR) is 123 cm³/mol. The summed E-state index contributed by atoms with van der Waals surface area (Å²) in [7, 11) is 0. The molecular weight excluding hydrogens is 392 g/mol. The van der Waals surface area contributed by atoms with E-state index in [1.54, 1.807) is 6.07 Å². The highest BCUT2D eigenvalue weighted by Crippen LogP contribution is 2.45. The molecule has 2 saturated carbocycles. The minimum Gasteiger partial charge on any atom is -0.507 e. The summed E-state index contributed by atoms with van der Waals surface area (Å²) in [6.45, 7) is 12.0. The molecule has 1 unspecified atom stereocenters. The van der Waals surface area contributed by atoms with Crippen molar-refractivity contribution in [1.29, 1.82) is 0 Å². The number of Topliss-reactive ketones (excluding diaryl/α,β-unsaturated/α-hetero) is 2. The minimum absolute atomic E-state index is 0.0172. The van der Waals surface area contributed by atoms with Crippen LogP contribution in [-0.4, -0.2) is 28.4 Å². The van der Waals surface area contributed by atoms with Crippen molar-refractivity contribution in [2.24, 2.45) is 5.92 Å².